The zero-order chi connectivity index (χ0) is 16.4. The molecular formula is C18H25N3O2. The summed E-state index contributed by atoms with van der Waals surface area (Å²) in [4.78, 5) is 2.36. The summed E-state index contributed by atoms with van der Waals surface area (Å²) in [6, 6.07) is 9.87. The van der Waals surface area contributed by atoms with Crippen LogP contribution in [0.3, 0.4) is 0 Å². The quantitative estimate of drug-likeness (QED) is 0.920. The Bertz CT molecular complexity index is 649. The Labute approximate surface area is 137 Å². The number of ether oxygens (including phenoxy) is 1. The maximum Gasteiger partial charge on any atom is 0.118 e. The summed E-state index contributed by atoms with van der Waals surface area (Å²) in [5.74, 6) is 0.808. The normalized spacial score (nSPS) is 21.3. The first-order chi connectivity index (χ1) is 11.0. The van der Waals surface area contributed by atoms with Crippen LogP contribution in [0, 0.1) is 0 Å². The maximum absolute atomic E-state index is 11.2. The van der Waals surface area contributed by atoms with E-state index >= 15 is 0 Å². The van der Waals surface area contributed by atoms with Gasteiger partial charge in [0.25, 0.3) is 0 Å². The molecule has 124 valence electrons. The molecular weight excluding hydrogens is 290 g/mol. The molecule has 5 heteroatoms. The number of aromatic nitrogens is 2. The summed E-state index contributed by atoms with van der Waals surface area (Å²) in [7, 11) is 3.61. The summed E-state index contributed by atoms with van der Waals surface area (Å²) in [5.41, 5.74) is 1.21. The van der Waals surface area contributed by atoms with Gasteiger partial charge in [-0.05, 0) is 50.1 Å². The predicted molar refractivity (Wildman–Crippen MR) is 89.2 cm³/mol. The third-order valence-corrected chi connectivity index (χ3v) is 4.97. The molecule has 0 aliphatic carbocycles. The van der Waals surface area contributed by atoms with Gasteiger partial charge in [0.15, 0.2) is 0 Å². The molecule has 1 fully saturated rings. The van der Waals surface area contributed by atoms with E-state index in [1.165, 1.54) is 5.69 Å². The van der Waals surface area contributed by atoms with Crippen molar-refractivity contribution in [2.45, 2.75) is 38.0 Å². The highest BCUT2D eigenvalue weighted by atomic mass is 16.5. The van der Waals surface area contributed by atoms with Crippen molar-refractivity contribution in [3.8, 4) is 5.75 Å². The van der Waals surface area contributed by atoms with Gasteiger partial charge in [-0.15, -0.1) is 0 Å². The van der Waals surface area contributed by atoms with Gasteiger partial charge in [-0.1, -0.05) is 12.1 Å². The molecule has 0 unspecified atom stereocenters. The van der Waals surface area contributed by atoms with Crippen LogP contribution in [-0.4, -0.2) is 39.5 Å². The lowest BCUT2D eigenvalue weighted by molar-refractivity contribution is -0.0260. The van der Waals surface area contributed by atoms with Crippen LogP contribution in [0.1, 0.15) is 31.0 Å². The summed E-state index contributed by atoms with van der Waals surface area (Å²) in [6.45, 7) is 3.73. The SMILES string of the molecule is COc1ccc([C@](C)(O)[C@H]2CCCN2Cc2ccnn2C)cc1. The fraction of sp³-hybridized carbons (Fsp3) is 0.500. The van der Waals surface area contributed by atoms with Crippen molar-refractivity contribution in [2.24, 2.45) is 7.05 Å². The molecule has 0 radical (unpaired) electrons. The van der Waals surface area contributed by atoms with E-state index in [1.54, 1.807) is 7.11 Å². The van der Waals surface area contributed by atoms with Crippen molar-refractivity contribution in [1.29, 1.82) is 0 Å². The van der Waals surface area contributed by atoms with Crippen LogP contribution in [0.2, 0.25) is 0 Å². The molecule has 3 rings (SSSR count). The number of methoxy groups -OCH3 is 1. The zero-order valence-corrected chi connectivity index (χ0v) is 14.1. The number of likely N-dealkylation sites (tertiary alicyclic amines) is 1. The Morgan fingerprint density at radius 3 is 2.65 bits per heavy atom. The third-order valence-electron chi connectivity index (χ3n) is 4.97. The topological polar surface area (TPSA) is 50.5 Å². The van der Waals surface area contributed by atoms with E-state index in [2.05, 4.69) is 10.00 Å². The monoisotopic (exact) mass is 315 g/mol. The number of benzene rings is 1. The zero-order valence-electron chi connectivity index (χ0n) is 14.1. The van der Waals surface area contributed by atoms with Crippen molar-refractivity contribution >= 4 is 0 Å². The first-order valence-electron chi connectivity index (χ1n) is 8.10. The molecule has 0 amide bonds. The van der Waals surface area contributed by atoms with Crippen LogP contribution in [0.5, 0.6) is 5.75 Å². The van der Waals surface area contributed by atoms with E-state index < -0.39 is 5.60 Å². The summed E-state index contributed by atoms with van der Waals surface area (Å²) in [6.07, 6.45) is 3.92. The lowest BCUT2D eigenvalue weighted by atomic mass is 9.86. The summed E-state index contributed by atoms with van der Waals surface area (Å²) >= 11 is 0. The van der Waals surface area contributed by atoms with E-state index in [0.29, 0.717) is 0 Å². The highest BCUT2D eigenvalue weighted by molar-refractivity contribution is 5.31. The molecule has 1 saturated heterocycles. The second-order valence-electron chi connectivity index (χ2n) is 6.45. The van der Waals surface area contributed by atoms with Gasteiger partial charge in [0.05, 0.1) is 12.8 Å². The number of rotatable bonds is 5. The Morgan fingerprint density at radius 2 is 2.04 bits per heavy atom. The predicted octanol–water partition coefficient (Wildman–Crippen LogP) is 2.30. The van der Waals surface area contributed by atoms with Crippen LogP contribution in [0.25, 0.3) is 0 Å². The Hall–Kier alpha value is -1.85. The Kier molecular flexibility index (Phi) is 4.41. The first kappa shape index (κ1) is 16.0. The highest BCUT2D eigenvalue weighted by Gasteiger charge is 2.40. The van der Waals surface area contributed by atoms with E-state index in [1.807, 2.05) is 55.2 Å². The number of hydrogen-bond donors (Lipinski definition) is 1. The van der Waals surface area contributed by atoms with Crippen LogP contribution in [-0.2, 0) is 19.2 Å². The molecule has 23 heavy (non-hydrogen) atoms. The molecule has 5 nitrogen and oxygen atoms in total. The lowest BCUT2D eigenvalue weighted by Crippen LogP contribution is -2.45. The molecule has 1 aliphatic rings. The van der Waals surface area contributed by atoms with Crippen molar-refractivity contribution in [2.75, 3.05) is 13.7 Å². The van der Waals surface area contributed by atoms with Gasteiger partial charge in [-0.25, -0.2) is 0 Å². The van der Waals surface area contributed by atoms with E-state index in [9.17, 15) is 5.11 Å². The molecule has 2 atom stereocenters. The van der Waals surface area contributed by atoms with Gasteiger partial charge >= 0.3 is 0 Å². The summed E-state index contributed by atoms with van der Waals surface area (Å²) < 4.78 is 7.11. The van der Waals surface area contributed by atoms with Crippen LogP contribution in [0.15, 0.2) is 36.5 Å². The van der Waals surface area contributed by atoms with Crippen molar-refractivity contribution in [3.05, 3.63) is 47.8 Å². The van der Waals surface area contributed by atoms with Crippen LogP contribution < -0.4 is 4.74 Å². The second-order valence-corrected chi connectivity index (χ2v) is 6.45. The second kappa shape index (κ2) is 6.34. The highest BCUT2D eigenvalue weighted by Crippen LogP contribution is 2.36. The molecule has 0 bridgehead atoms. The maximum atomic E-state index is 11.2. The molecule has 1 aliphatic heterocycles. The first-order valence-corrected chi connectivity index (χ1v) is 8.10. The van der Waals surface area contributed by atoms with E-state index in [4.69, 9.17) is 4.74 Å². The van der Waals surface area contributed by atoms with Crippen molar-refractivity contribution in [1.82, 2.24) is 14.7 Å². The standard InChI is InChI=1S/C18H25N3O2/c1-18(22,14-6-8-16(23-3)9-7-14)17-5-4-12-21(17)13-15-10-11-19-20(15)2/h6-11,17,22H,4-5,12-13H2,1-3H3/t17-,18+/m1/s1. The average molecular weight is 315 g/mol. The van der Waals surface area contributed by atoms with Gasteiger partial charge in [0.1, 0.15) is 11.4 Å². The van der Waals surface area contributed by atoms with Crippen LogP contribution in [0.4, 0.5) is 0 Å². The molecule has 0 saturated carbocycles. The van der Waals surface area contributed by atoms with E-state index in [0.717, 1.165) is 37.2 Å². The fourth-order valence-corrected chi connectivity index (χ4v) is 3.54. The van der Waals surface area contributed by atoms with E-state index in [-0.39, 0.29) is 6.04 Å². The average Bonchev–Trinajstić information content (AvgIpc) is 3.18. The van der Waals surface area contributed by atoms with Gasteiger partial charge in [-0.3, -0.25) is 9.58 Å². The molecule has 0 spiro atoms. The summed E-state index contributed by atoms with van der Waals surface area (Å²) in [5, 5.41) is 15.4. The number of aryl methyl sites for hydroxylation is 1. The van der Waals surface area contributed by atoms with Gasteiger partial charge < -0.3 is 9.84 Å². The molecule has 1 aromatic heterocycles. The number of nitrogens with zero attached hydrogens (tertiary/aromatic N) is 3. The Balaban J connectivity index is 1.80. The molecule has 1 N–H and O–H groups in total. The molecule has 1 aromatic carbocycles. The molecule has 2 heterocycles. The van der Waals surface area contributed by atoms with Gasteiger partial charge in [0, 0.05) is 25.8 Å². The minimum atomic E-state index is -0.888. The third kappa shape index (κ3) is 3.12. The number of hydrogen-bond acceptors (Lipinski definition) is 4. The van der Waals surface area contributed by atoms with Crippen LogP contribution >= 0.6 is 0 Å². The minimum absolute atomic E-state index is 0.103. The largest absolute Gasteiger partial charge is 0.497 e. The number of aliphatic hydroxyl groups is 1. The van der Waals surface area contributed by atoms with Crippen molar-refractivity contribution < 1.29 is 9.84 Å². The minimum Gasteiger partial charge on any atom is -0.497 e. The van der Waals surface area contributed by atoms with Crippen molar-refractivity contribution in [3.63, 3.8) is 0 Å². The molecule has 2 aromatic rings. The van der Waals surface area contributed by atoms with Gasteiger partial charge in [-0.2, -0.15) is 5.10 Å². The fourth-order valence-electron chi connectivity index (χ4n) is 3.54. The smallest absolute Gasteiger partial charge is 0.118 e. The lowest BCUT2D eigenvalue weighted by Gasteiger charge is -2.37. The van der Waals surface area contributed by atoms with Gasteiger partial charge in [0.2, 0.25) is 0 Å². The Morgan fingerprint density at radius 1 is 1.30 bits per heavy atom.